The lowest BCUT2D eigenvalue weighted by atomic mass is 9.91. The Kier molecular flexibility index (Phi) is 7.75. The Morgan fingerprint density at radius 2 is 2.00 bits per heavy atom. The van der Waals surface area contributed by atoms with Crippen LogP contribution in [0.1, 0.15) is 49.4 Å². The monoisotopic (exact) mass is 516 g/mol. The molecule has 0 aliphatic heterocycles. The highest BCUT2D eigenvalue weighted by Gasteiger charge is 2.46. The molecule has 1 heterocycles. The van der Waals surface area contributed by atoms with Crippen LogP contribution in [0, 0.1) is 17.2 Å². The van der Waals surface area contributed by atoms with Gasteiger partial charge in [-0.25, -0.2) is 9.37 Å². The molecule has 2 aromatic rings. The molecule has 1 aromatic carbocycles. The van der Waals surface area contributed by atoms with E-state index >= 15 is 0 Å². The van der Waals surface area contributed by atoms with Crippen LogP contribution in [0.3, 0.4) is 0 Å². The van der Waals surface area contributed by atoms with Crippen LogP contribution in [-0.2, 0) is 28.7 Å². The molecular weight excluding hydrogens is 490 g/mol. The van der Waals surface area contributed by atoms with Crippen molar-refractivity contribution in [1.29, 1.82) is 0 Å². The van der Waals surface area contributed by atoms with Crippen molar-refractivity contribution in [3.05, 3.63) is 53.0 Å². The summed E-state index contributed by atoms with van der Waals surface area (Å²) in [5, 5.41) is 0. The maximum atomic E-state index is 14.5. The summed E-state index contributed by atoms with van der Waals surface area (Å²) >= 11 is -2.69. The maximum absolute atomic E-state index is 14.5. The number of aromatic nitrogens is 1. The van der Waals surface area contributed by atoms with Gasteiger partial charge in [0.2, 0.25) is 11.8 Å². The number of anilines is 1. The molecule has 0 saturated heterocycles. The van der Waals surface area contributed by atoms with E-state index in [-0.39, 0.29) is 47.9 Å². The Bertz CT molecular complexity index is 1130. The van der Waals surface area contributed by atoms with Crippen molar-refractivity contribution < 1.29 is 35.9 Å². The number of ether oxygens (including phenoxy) is 1. The first-order chi connectivity index (χ1) is 16.2. The van der Waals surface area contributed by atoms with Crippen molar-refractivity contribution in [1.82, 2.24) is 4.98 Å². The normalized spacial score (nSPS) is 18.6. The summed E-state index contributed by atoms with van der Waals surface area (Å²) in [5.41, 5.74) is 4.85. The third-order valence-corrected chi connectivity index (χ3v) is 6.99. The molecule has 1 aliphatic carbocycles. The first-order valence-corrected chi connectivity index (χ1v) is 11.9. The minimum Gasteiger partial charge on any atom is -0.755 e. The van der Waals surface area contributed by atoms with Crippen LogP contribution in [0.4, 0.5) is 23.2 Å². The van der Waals surface area contributed by atoms with E-state index in [0.717, 1.165) is 25.6 Å². The first kappa shape index (κ1) is 26.9. The molecule has 3 atom stereocenters. The van der Waals surface area contributed by atoms with Gasteiger partial charge in [0.25, 0.3) is 0 Å². The first-order valence-electron chi connectivity index (χ1n) is 10.8. The lowest BCUT2D eigenvalue weighted by Gasteiger charge is -2.23. The molecule has 1 aromatic heterocycles. The zero-order chi connectivity index (χ0) is 26.1. The van der Waals surface area contributed by atoms with E-state index in [0.29, 0.717) is 9.87 Å². The number of hydrogen-bond acceptors (Lipinski definition) is 5. The summed E-state index contributed by atoms with van der Waals surface area (Å²) in [4.78, 5) is 15.8. The second-order valence-electron chi connectivity index (χ2n) is 9.28. The molecule has 0 bridgehead atoms. The fraction of sp³-hybridized carbons (Fsp3) is 0.478. The third kappa shape index (κ3) is 6.49. The molecule has 12 heteroatoms. The molecule has 35 heavy (non-hydrogen) atoms. The highest BCUT2D eigenvalue weighted by atomic mass is 32.2. The van der Waals surface area contributed by atoms with Gasteiger partial charge >= 0.3 is 6.18 Å². The standard InChI is InChI=1S/C23H27F4N3O4S/c1-22(2)11-15(22)12-34-21-13(6-9-19(29-21)23(25,26)27)4-7-16(20(28)31)14-5-8-18(17(24)10-14)30(3)35(32)33/h5-6,8-10,15-16H,4,7,11-12H2,1-3H3,(H2,28,31)(H,32,33)/p-1. The number of carbonyl (C=O) groups excluding carboxylic acids is 1. The summed E-state index contributed by atoms with van der Waals surface area (Å²) < 4.78 is 82.6. The van der Waals surface area contributed by atoms with Crippen molar-refractivity contribution in [2.75, 3.05) is 18.0 Å². The lowest BCUT2D eigenvalue weighted by Crippen LogP contribution is -2.23. The van der Waals surface area contributed by atoms with Gasteiger partial charge < -0.3 is 19.3 Å². The SMILES string of the molecule is CN(c1ccc(C(CCc2ccc(C(F)(F)F)nc2OCC2CC2(C)C)C(N)=O)cc1F)S(=O)[O-]. The maximum Gasteiger partial charge on any atom is 0.433 e. The predicted molar refractivity (Wildman–Crippen MR) is 121 cm³/mol. The molecule has 3 unspecified atom stereocenters. The second kappa shape index (κ2) is 10.1. The molecule has 3 rings (SSSR count). The number of nitrogens with zero attached hydrogens (tertiary/aromatic N) is 2. The molecule has 0 radical (unpaired) electrons. The predicted octanol–water partition coefficient (Wildman–Crippen LogP) is 4.10. The molecule has 192 valence electrons. The van der Waals surface area contributed by atoms with Crippen molar-refractivity contribution in [3.8, 4) is 5.88 Å². The number of nitrogens with two attached hydrogens (primary N) is 1. The van der Waals surface area contributed by atoms with E-state index in [1.54, 1.807) is 0 Å². The van der Waals surface area contributed by atoms with Gasteiger partial charge in [0.1, 0.15) is 11.5 Å². The van der Waals surface area contributed by atoms with E-state index in [9.17, 15) is 31.1 Å². The Balaban J connectivity index is 1.81. The van der Waals surface area contributed by atoms with Gasteiger partial charge in [0.05, 0.1) is 18.2 Å². The number of hydrogen-bond donors (Lipinski definition) is 1. The average molecular weight is 517 g/mol. The number of benzene rings is 1. The van der Waals surface area contributed by atoms with Crippen LogP contribution in [0.15, 0.2) is 30.3 Å². The summed E-state index contributed by atoms with van der Waals surface area (Å²) in [5.74, 6) is -2.56. The molecule has 7 nitrogen and oxygen atoms in total. The minimum absolute atomic E-state index is 0.0514. The Labute approximate surface area is 203 Å². The van der Waals surface area contributed by atoms with Crippen LogP contribution < -0.4 is 14.8 Å². The van der Waals surface area contributed by atoms with E-state index in [4.69, 9.17) is 10.5 Å². The molecule has 1 saturated carbocycles. The van der Waals surface area contributed by atoms with Crippen LogP contribution in [0.2, 0.25) is 0 Å². The summed E-state index contributed by atoms with van der Waals surface area (Å²) in [7, 11) is 1.16. The van der Waals surface area contributed by atoms with Gasteiger partial charge in [-0.1, -0.05) is 26.0 Å². The molecule has 1 amide bonds. The van der Waals surface area contributed by atoms with Gasteiger partial charge in [-0.2, -0.15) is 13.2 Å². The van der Waals surface area contributed by atoms with Crippen molar-refractivity contribution in [2.24, 2.45) is 17.1 Å². The number of alkyl halides is 3. The van der Waals surface area contributed by atoms with E-state index < -0.39 is 40.8 Å². The Morgan fingerprint density at radius 3 is 2.51 bits per heavy atom. The summed E-state index contributed by atoms with van der Waals surface area (Å²) in [6.07, 6.45) is -3.61. The molecule has 0 spiro atoms. The Hall–Kier alpha value is -2.73. The van der Waals surface area contributed by atoms with Crippen LogP contribution in [0.5, 0.6) is 5.88 Å². The van der Waals surface area contributed by atoms with Gasteiger partial charge in [0, 0.05) is 23.9 Å². The average Bonchev–Trinajstić information content (AvgIpc) is 3.37. The third-order valence-electron chi connectivity index (χ3n) is 6.35. The van der Waals surface area contributed by atoms with E-state index in [2.05, 4.69) is 4.98 Å². The lowest BCUT2D eigenvalue weighted by molar-refractivity contribution is -0.141. The zero-order valence-electron chi connectivity index (χ0n) is 19.4. The van der Waals surface area contributed by atoms with Gasteiger partial charge in [0.15, 0.2) is 0 Å². The number of carbonyl (C=O) groups is 1. The molecular formula is C23H26F4N3O4S-. The highest BCUT2D eigenvalue weighted by Crippen LogP contribution is 2.51. The van der Waals surface area contributed by atoms with Gasteiger partial charge in [-0.05, 0) is 54.4 Å². The second-order valence-corrected chi connectivity index (χ2v) is 10.3. The number of pyridine rings is 1. The molecule has 1 aliphatic rings. The van der Waals surface area contributed by atoms with Crippen LogP contribution >= 0.6 is 0 Å². The summed E-state index contributed by atoms with van der Waals surface area (Å²) in [6.45, 7) is 4.29. The fourth-order valence-electron chi connectivity index (χ4n) is 3.83. The molecule has 2 N–H and O–H groups in total. The topological polar surface area (TPSA) is 109 Å². The quantitative estimate of drug-likeness (QED) is 0.378. The number of primary amides is 1. The largest absolute Gasteiger partial charge is 0.755 e. The highest BCUT2D eigenvalue weighted by molar-refractivity contribution is 7.80. The number of rotatable bonds is 10. The van der Waals surface area contributed by atoms with Gasteiger partial charge in [-0.3, -0.25) is 9.00 Å². The van der Waals surface area contributed by atoms with Crippen molar-refractivity contribution in [3.63, 3.8) is 0 Å². The smallest absolute Gasteiger partial charge is 0.433 e. The molecule has 1 fully saturated rings. The summed E-state index contributed by atoms with van der Waals surface area (Å²) in [6, 6.07) is 5.71. The van der Waals surface area contributed by atoms with Crippen molar-refractivity contribution >= 4 is 22.9 Å². The Morgan fingerprint density at radius 1 is 1.34 bits per heavy atom. The van der Waals surface area contributed by atoms with Crippen molar-refractivity contribution in [2.45, 2.75) is 45.2 Å². The van der Waals surface area contributed by atoms with E-state index in [1.807, 2.05) is 13.8 Å². The zero-order valence-corrected chi connectivity index (χ0v) is 20.2. The van der Waals surface area contributed by atoms with Crippen LogP contribution in [0.25, 0.3) is 0 Å². The van der Waals surface area contributed by atoms with Crippen LogP contribution in [-0.4, -0.2) is 33.3 Å². The number of aryl methyl sites for hydroxylation is 1. The number of halogens is 4. The number of amides is 1. The fourth-order valence-corrected chi connectivity index (χ4v) is 4.14. The minimum atomic E-state index is -4.65. The van der Waals surface area contributed by atoms with E-state index in [1.165, 1.54) is 18.2 Å². The van der Waals surface area contributed by atoms with Gasteiger partial charge in [-0.15, -0.1) is 0 Å².